The Morgan fingerprint density at radius 2 is 2.13 bits per heavy atom. The number of benzene rings is 1. The van der Waals surface area contributed by atoms with Crippen molar-refractivity contribution >= 4 is 5.97 Å². The molecule has 0 aromatic heterocycles. The second-order valence-corrected chi connectivity index (χ2v) is 3.00. The maximum absolute atomic E-state index is 11.5. The second kappa shape index (κ2) is 5.36. The molecule has 1 aromatic rings. The van der Waals surface area contributed by atoms with E-state index in [0.29, 0.717) is 6.42 Å². The average molecular weight is 210 g/mol. The Labute approximate surface area is 88.4 Å². The summed E-state index contributed by atoms with van der Waals surface area (Å²) in [6, 6.07) is 6.23. The normalized spacial score (nSPS) is 12.1. The predicted molar refractivity (Wildman–Crippen MR) is 54.6 cm³/mol. The predicted octanol–water partition coefficient (Wildman–Crippen LogP) is 1.93. The molecule has 15 heavy (non-hydrogen) atoms. The second-order valence-electron chi connectivity index (χ2n) is 3.00. The van der Waals surface area contributed by atoms with E-state index in [-0.39, 0.29) is 11.3 Å². The van der Waals surface area contributed by atoms with E-state index in [9.17, 15) is 9.90 Å². The highest BCUT2D eigenvalue weighted by Gasteiger charge is 2.16. The third kappa shape index (κ3) is 2.95. The first-order chi connectivity index (χ1) is 7.19. The topological polar surface area (TPSA) is 55.8 Å². The lowest BCUT2D eigenvalue weighted by Crippen LogP contribution is -2.19. The SMILES string of the molecule is CCC(OC)OC(=O)c1ccccc1O. The highest BCUT2D eigenvalue weighted by molar-refractivity contribution is 5.92. The monoisotopic (exact) mass is 210 g/mol. The molecule has 0 radical (unpaired) electrons. The number of hydrogen-bond acceptors (Lipinski definition) is 4. The minimum absolute atomic E-state index is 0.0894. The molecule has 4 nitrogen and oxygen atoms in total. The van der Waals surface area contributed by atoms with Crippen molar-refractivity contribution in [2.24, 2.45) is 0 Å². The molecule has 4 heteroatoms. The summed E-state index contributed by atoms with van der Waals surface area (Å²) in [7, 11) is 1.46. The third-order valence-electron chi connectivity index (χ3n) is 1.96. The molecule has 1 N–H and O–H groups in total. The summed E-state index contributed by atoms with van der Waals surface area (Å²) in [6.07, 6.45) is -0.00681. The molecule has 1 unspecified atom stereocenters. The Bertz CT molecular complexity index is 331. The summed E-state index contributed by atoms with van der Waals surface area (Å²) in [5, 5.41) is 9.40. The molecule has 82 valence electrons. The van der Waals surface area contributed by atoms with E-state index < -0.39 is 12.3 Å². The lowest BCUT2D eigenvalue weighted by atomic mass is 10.2. The van der Waals surface area contributed by atoms with Crippen molar-refractivity contribution in [3.63, 3.8) is 0 Å². The van der Waals surface area contributed by atoms with Gasteiger partial charge >= 0.3 is 5.97 Å². The van der Waals surface area contributed by atoms with E-state index in [4.69, 9.17) is 9.47 Å². The number of phenols is 1. The number of carbonyl (C=O) groups excluding carboxylic acids is 1. The van der Waals surface area contributed by atoms with Crippen LogP contribution < -0.4 is 0 Å². The molecule has 0 amide bonds. The zero-order valence-electron chi connectivity index (χ0n) is 8.77. The van der Waals surface area contributed by atoms with Gasteiger partial charge in [0.05, 0.1) is 0 Å². The fourth-order valence-corrected chi connectivity index (χ4v) is 1.13. The van der Waals surface area contributed by atoms with Gasteiger partial charge in [0.15, 0.2) is 0 Å². The molecule has 0 heterocycles. The van der Waals surface area contributed by atoms with Crippen LogP contribution in [0, 0.1) is 0 Å². The van der Waals surface area contributed by atoms with Gasteiger partial charge in [-0.3, -0.25) is 0 Å². The Morgan fingerprint density at radius 3 is 2.67 bits per heavy atom. The lowest BCUT2D eigenvalue weighted by Gasteiger charge is -2.14. The maximum atomic E-state index is 11.5. The number of para-hydroxylation sites is 1. The number of methoxy groups -OCH3 is 1. The van der Waals surface area contributed by atoms with Crippen molar-refractivity contribution in [2.75, 3.05) is 7.11 Å². The quantitative estimate of drug-likeness (QED) is 0.609. The van der Waals surface area contributed by atoms with Crippen molar-refractivity contribution < 1.29 is 19.4 Å². The summed E-state index contributed by atoms with van der Waals surface area (Å²) in [5.41, 5.74) is 0.146. The molecule has 0 bridgehead atoms. The molecule has 1 aromatic carbocycles. The average Bonchev–Trinajstić information content (AvgIpc) is 2.26. The molecule has 0 saturated carbocycles. The van der Waals surface area contributed by atoms with Crippen molar-refractivity contribution in [1.29, 1.82) is 0 Å². The number of esters is 1. The molecular weight excluding hydrogens is 196 g/mol. The van der Waals surface area contributed by atoms with Crippen LogP contribution in [0.5, 0.6) is 5.75 Å². The molecular formula is C11H14O4. The summed E-state index contributed by atoms with van der Waals surface area (Å²) in [5.74, 6) is -0.671. The van der Waals surface area contributed by atoms with E-state index in [1.165, 1.54) is 19.2 Å². The summed E-state index contributed by atoms with van der Waals surface area (Å²) in [6.45, 7) is 1.84. The van der Waals surface area contributed by atoms with Gasteiger partial charge in [0.25, 0.3) is 0 Å². The van der Waals surface area contributed by atoms with Crippen LogP contribution in [0.1, 0.15) is 23.7 Å². The first-order valence-electron chi connectivity index (χ1n) is 4.70. The number of aromatic hydroxyl groups is 1. The minimum Gasteiger partial charge on any atom is -0.507 e. The number of phenolic OH excluding ortho intramolecular Hbond substituents is 1. The molecule has 1 rings (SSSR count). The van der Waals surface area contributed by atoms with Gasteiger partial charge in [-0.1, -0.05) is 19.1 Å². The first kappa shape index (κ1) is 11.5. The van der Waals surface area contributed by atoms with Gasteiger partial charge in [-0.15, -0.1) is 0 Å². The summed E-state index contributed by atoms with van der Waals surface area (Å²) in [4.78, 5) is 11.5. The van der Waals surface area contributed by atoms with Crippen LogP contribution in [0.25, 0.3) is 0 Å². The highest BCUT2D eigenvalue weighted by Crippen LogP contribution is 2.17. The fraction of sp³-hybridized carbons (Fsp3) is 0.364. The summed E-state index contributed by atoms with van der Waals surface area (Å²) >= 11 is 0. The number of rotatable bonds is 4. The molecule has 0 fully saturated rings. The van der Waals surface area contributed by atoms with E-state index in [0.717, 1.165) is 0 Å². The standard InChI is InChI=1S/C11H14O4/c1-3-10(14-2)15-11(13)8-6-4-5-7-9(8)12/h4-7,10,12H,3H2,1-2H3. The Balaban J connectivity index is 2.73. The Morgan fingerprint density at radius 1 is 1.47 bits per heavy atom. The van der Waals surface area contributed by atoms with Crippen LogP contribution in [0.3, 0.4) is 0 Å². The van der Waals surface area contributed by atoms with Gasteiger partial charge in [0.2, 0.25) is 6.29 Å². The molecule has 1 atom stereocenters. The molecule has 0 spiro atoms. The zero-order valence-corrected chi connectivity index (χ0v) is 8.77. The Kier molecular flexibility index (Phi) is 4.12. The van der Waals surface area contributed by atoms with Crippen LogP contribution in [-0.2, 0) is 9.47 Å². The molecule has 0 aliphatic rings. The van der Waals surface area contributed by atoms with Gasteiger partial charge in [0.1, 0.15) is 11.3 Å². The number of hydrogen-bond donors (Lipinski definition) is 1. The molecule has 0 saturated heterocycles. The molecule has 0 aliphatic carbocycles. The van der Waals surface area contributed by atoms with E-state index in [1.54, 1.807) is 12.1 Å². The summed E-state index contributed by atoms with van der Waals surface area (Å²) < 4.78 is 9.90. The number of ether oxygens (including phenoxy) is 2. The van der Waals surface area contributed by atoms with Crippen molar-refractivity contribution in [1.82, 2.24) is 0 Å². The van der Waals surface area contributed by atoms with Gasteiger partial charge in [0, 0.05) is 13.5 Å². The highest BCUT2D eigenvalue weighted by atomic mass is 16.7. The Hall–Kier alpha value is -1.55. The lowest BCUT2D eigenvalue weighted by molar-refractivity contribution is -0.0906. The van der Waals surface area contributed by atoms with Crippen LogP contribution in [0.4, 0.5) is 0 Å². The van der Waals surface area contributed by atoms with E-state index >= 15 is 0 Å². The number of carbonyl (C=O) groups is 1. The smallest absolute Gasteiger partial charge is 0.344 e. The zero-order chi connectivity index (χ0) is 11.3. The van der Waals surface area contributed by atoms with Crippen LogP contribution in [0.2, 0.25) is 0 Å². The van der Waals surface area contributed by atoms with Crippen molar-refractivity contribution in [3.05, 3.63) is 29.8 Å². The fourth-order valence-electron chi connectivity index (χ4n) is 1.13. The van der Waals surface area contributed by atoms with E-state index in [1.807, 2.05) is 6.92 Å². The van der Waals surface area contributed by atoms with Gasteiger partial charge in [-0.25, -0.2) is 4.79 Å². The first-order valence-corrected chi connectivity index (χ1v) is 4.70. The molecule has 0 aliphatic heterocycles. The van der Waals surface area contributed by atoms with Gasteiger partial charge in [-0.2, -0.15) is 0 Å². The van der Waals surface area contributed by atoms with Crippen molar-refractivity contribution in [2.45, 2.75) is 19.6 Å². The third-order valence-corrected chi connectivity index (χ3v) is 1.96. The largest absolute Gasteiger partial charge is 0.507 e. The van der Waals surface area contributed by atoms with Gasteiger partial charge < -0.3 is 14.6 Å². The van der Waals surface area contributed by atoms with Crippen molar-refractivity contribution in [3.8, 4) is 5.75 Å². The van der Waals surface area contributed by atoms with Crippen LogP contribution in [-0.4, -0.2) is 24.5 Å². The minimum atomic E-state index is -0.582. The van der Waals surface area contributed by atoms with Gasteiger partial charge in [-0.05, 0) is 12.1 Å². The van der Waals surface area contributed by atoms with Crippen LogP contribution >= 0.6 is 0 Å². The van der Waals surface area contributed by atoms with E-state index in [2.05, 4.69) is 0 Å². The van der Waals surface area contributed by atoms with Crippen LogP contribution in [0.15, 0.2) is 24.3 Å². The maximum Gasteiger partial charge on any atom is 0.344 e.